The standard InChI is InChI=1S/C12H18N2S2/c1-2-4-9-11(5-3-1)16-12(14-9)10-8-15-7-6-13-10/h10,13H,1-8H2. The van der Waals surface area contributed by atoms with Crippen molar-refractivity contribution in [2.24, 2.45) is 0 Å². The zero-order valence-corrected chi connectivity index (χ0v) is 11.1. The third-order valence-electron chi connectivity index (χ3n) is 3.33. The SMILES string of the molecule is C1CCc2nc(C3CSCCN3)sc2CC1. The lowest BCUT2D eigenvalue weighted by Gasteiger charge is -2.20. The van der Waals surface area contributed by atoms with Crippen molar-refractivity contribution in [1.29, 1.82) is 0 Å². The van der Waals surface area contributed by atoms with Crippen LogP contribution in [0.15, 0.2) is 0 Å². The molecular formula is C12H18N2S2. The van der Waals surface area contributed by atoms with Crippen molar-refractivity contribution in [3.05, 3.63) is 15.6 Å². The minimum atomic E-state index is 0.524. The number of aromatic nitrogens is 1. The summed E-state index contributed by atoms with van der Waals surface area (Å²) >= 11 is 4.02. The first-order valence-electron chi connectivity index (χ1n) is 6.23. The number of thiazole rings is 1. The highest BCUT2D eigenvalue weighted by atomic mass is 32.2. The van der Waals surface area contributed by atoms with Crippen molar-refractivity contribution >= 4 is 23.1 Å². The molecule has 2 nitrogen and oxygen atoms in total. The molecule has 3 rings (SSSR count). The fraction of sp³-hybridized carbons (Fsp3) is 0.750. The van der Waals surface area contributed by atoms with E-state index in [4.69, 9.17) is 4.98 Å². The van der Waals surface area contributed by atoms with Crippen LogP contribution in [0.3, 0.4) is 0 Å². The minimum Gasteiger partial charge on any atom is -0.306 e. The molecule has 88 valence electrons. The van der Waals surface area contributed by atoms with Gasteiger partial charge >= 0.3 is 0 Å². The van der Waals surface area contributed by atoms with E-state index in [-0.39, 0.29) is 0 Å². The van der Waals surface area contributed by atoms with Gasteiger partial charge in [0.15, 0.2) is 0 Å². The Morgan fingerprint density at radius 3 is 3.00 bits per heavy atom. The molecule has 16 heavy (non-hydrogen) atoms. The highest BCUT2D eigenvalue weighted by Crippen LogP contribution is 2.31. The van der Waals surface area contributed by atoms with E-state index in [0.717, 1.165) is 6.54 Å². The van der Waals surface area contributed by atoms with E-state index in [1.54, 1.807) is 4.88 Å². The van der Waals surface area contributed by atoms with Crippen LogP contribution >= 0.6 is 23.1 Å². The maximum Gasteiger partial charge on any atom is 0.111 e. The molecule has 1 aliphatic heterocycles. The molecule has 4 heteroatoms. The largest absolute Gasteiger partial charge is 0.306 e. The van der Waals surface area contributed by atoms with Crippen LogP contribution in [0.2, 0.25) is 0 Å². The lowest BCUT2D eigenvalue weighted by molar-refractivity contribution is 0.589. The average Bonchev–Trinajstić information content (AvgIpc) is 2.62. The number of aryl methyl sites for hydroxylation is 2. The van der Waals surface area contributed by atoms with Crippen LogP contribution in [0.1, 0.15) is 40.9 Å². The highest BCUT2D eigenvalue weighted by molar-refractivity contribution is 7.99. The van der Waals surface area contributed by atoms with Crippen molar-refractivity contribution in [1.82, 2.24) is 10.3 Å². The Bertz CT molecular complexity index is 332. The summed E-state index contributed by atoms with van der Waals surface area (Å²) in [4.78, 5) is 6.45. The molecule has 0 bridgehead atoms. The molecule has 1 unspecified atom stereocenters. The van der Waals surface area contributed by atoms with E-state index in [2.05, 4.69) is 17.1 Å². The molecule has 1 aromatic rings. The van der Waals surface area contributed by atoms with Crippen molar-refractivity contribution in [3.8, 4) is 0 Å². The maximum atomic E-state index is 4.88. The highest BCUT2D eigenvalue weighted by Gasteiger charge is 2.21. The summed E-state index contributed by atoms with van der Waals surface area (Å²) in [7, 11) is 0. The summed E-state index contributed by atoms with van der Waals surface area (Å²) < 4.78 is 0. The van der Waals surface area contributed by atoms with Crippen LogP contribution in [-0.2, 0) is 12.8 Å². The lowest BCUT2D eigenvalue weighted by atomic mass is 10.2. The Labute approximate surface area is 105 Å². The van der Waals surface area contributed by atoms with Gasteiger partial charge in [-0.1, -0.05) is 6.42 Å². The van der Waals surface area contributed by atoms with Crippen molar-refractivity contribution < 1.29 is 0 Å². The van der Waals surface area contributed by atoms with Crippen LogP contribution in [0.25, 0.3) is 0 Å². The molecule has 1 fully saturated rings. The van der Waals surface area contributed by atoms with Gasteiger partial charge in [0, 0.05) is 22.9 Å². The lowest BCUT2D eigenvalue weighted by Crippen LogP contribution is -2.30. The van der Waals surface area contributed by atoms with Gasteiger partial charge in [0.1, 0.15) is 5.01 Å². The quantitative estimate of drug-likeness (QED) is 0.780. The van der Waals surface area contributed by atoms with Crippen LogP contribution in [0.4, 0.5) is 0 Å². The predicted octanol–water partition coefficient (Wildman–Crippen LogP) is 2.79. The summed E-state index contributed by atoms with van der Waals surface area (Å²) in [6.07, 6.45) is 6.57. The third-order valence-corrected chi connectivity index (χ3v) is 5.66. The zero-order chi connectivity index (χ0) is 10.8. The zero-order valence-electron chi connectivity index (χ0n) is 9.50. The molecule has 1 aromatic heterocycles. The second kappa shape index (κ2) is 5.07. The van der Waals surface area contributed by atoms with Crippen molar-refractivity contribution in [3.63, 3.8) is 0 Å². The molecule has 1 saturated heterocycles. The van der Waals surface area contributed by atoms with Crippen LogP contribution in [-0.4, -0.2) is 23.0 Å². The Morgan fingerprint density at radius 1 is 1.19 bits per heavy atom. The van der Waals surface area contributed by atoms with E-state index < -0.39 is 0 Å². The van der Waals surface area contributed by atoms with Gasteiger partial charge in [0.25, 0.3) is 0 Å². The van der Waals surface area contributed by atoms with Gasteiger partial charge in [-0.15, -0.1) is 11.3 Å². The van der Waals surface area contributed by atoms with Crippen molar-refractivity contribution in [2.75, 3.05) is 18.1 Å². The van der Waals surface area contributed by atoms with Gasteiger partial charge in [-0.25, -0.2) is 4.98 Å². The number of fused-ring (bicyclic) bond motifs is 1. The van der Waals surface area contributed by atoms with Crippen LogP contribution < -0.4 is 5.32 Å². The Hall–Kier alpha value is -0.0600. The van der Waals surface area contributed by atoms with Crippen LogP contribution in [0, 0.1) is 0 Å². The summed E-state index contributed by atoms with van der Waals surface area (Å²) in [5.74, 6) is 2.45. The second-order valence-corrected chi connectivity index (χ2v) is 6.83. The van der Waals surface area contributed by atoms with E-state index in [9.17, 15) is 0 Å². The fourth-order valence-electron chi connectivity index (χ4n) is 2.42. The van der Waals surface area contributed by atoms with Gasteiger partial charge in [-0.05, 0) is 25.7 Å². The molecule has 1 N–H and O–H groups in total. The molecule has 0 amide bonds. The summed E-state index contributed by atoms with van der Waals surface area (Å²) in [6, 6.07) is 0.524. The Morgan fingerprint density at radius 2 is 2.12 bits per heavy atom. The second-order valence-electron chi connectivity index (χ2n) is 4.56. The Balaban J connectivity index is 1.80. The predicted molar refractivity (Wildman–Crippen MR) is 71.4 cm³/mol. The number of thioether (sulfide) groups is 1. The molecule has 0 saturated carbocycles. The Kier molecular flexibility index (Phi) is 3.50. The van der Waals surface area contributed by atoms with E-state index >= 15 is 0 Å². The molecule has 0 aromatic carbocycles. The fourth-order valence-corrected chi connectivity index (χ4v) is 4.70. The molecular weight excluding hydrogens is 236 g/mol. The topological polar surface area (TPSA) is 24.9 Å². The number of nitrogens with one attached hydrogen (secondary N) is 1. The van der Waals surface area contributed by atoms with E-state index in [1.165, 1.54) is 54.3 Å². The van der Waals surface area contributed by atoms with Gasteiger partial charge in [0.05, 0.1) is 11.7 Å². The molecule has 1 aliphatic carbocycles. The molecule has 2 aliphatic rings. The molecule has 0 radical (unpaired) electrons. The maximum absolute atomic E-state index is 4.88. The summed E-state index contributed by atoms with van der Waals surface area (Å²) in [5.41, 5.74) is 1.41. The minimum absolute atomic E-state index is 0.524. The third kappa shape index (κ3) is 2.29. The van der Waals surface area contributed by atoms with Crippen molar-refractivity contribution in [2.45, 2.75) is 38.1 Å². The number of hydrogen-bond donors (Lipinski definition) is 1. The first kappa shape index (κ1) is 11.1. The van der Waals surface area contributed by atoms with Gasteiger partial charge < -0.3 is 5.32 Å². The summed E-state index contributed by atoms with van der Waals surface area (Å²) in [6.45, 7) is 1.14. The van der Waals surface area contributed by atoms with Gasteiger partial charge in [-0.3, -0.25) is 0 Å². The number of rotatable bonds is 1. The van der Waals surface area contributed by atoms with Gasteiger partial charge in [0.2, 0.25) is 0 Å². The first-order valence-corrected chi connectivity index (χ1v) is 8.20. The van der Waals surface area contributed by atoms with E-state index in [0.29, 0.717) is 6.04 Å². The number of nitrogens with zero attached hydrogens (tertiary/aromatic N) is 1. The monoisotopic (exact) mass is 254 g/mol. The average molecular weight is 254 g/mol. The normalized spacial score (nSPS) is 26.1. The molecule has 1 atom stereocenters. The number of hydrogen-bond acceptors (Lipinski definition) is 4. The molecule has 2 heterocycles. The van der Waals surface area contributed by atoms with E-state index in [1.807, 2.05) is 11.3 Å². The molecule has 0 spiro atoms. The first-order chi connectivity index (χ1) is 7.93. The smallest absolute Gasteiger partial charge is 0.111 e. The summed E-state index contributed by atoms with van der Waals surface area (Å²) in [5, 5.41) is 4.93. The van der Waals surface area contributed by atoms with Crippen LogP contribution in [0.5, 0.6) is 0 Å². The van der Waals surface area contributed by atoms with Gasteiger partial charge in [-0.2, -0.15) is 11.8 Å².